The number of H-pyrrole nitrogens is 1. The standard InChI is InChI=1S/C15H19ClN2O2/c1-15(2,3)13(8-19)18-14(20)12-7-9-6-10(16)4-5-11(9)17-12/h4-7,13,17,19H,8H2,1-3H3,(H,18,20)/t13-/m1/s1. The lowest BCUT2D eigenvalue weighted by Gasteiger charge is -2.29. The normalized spacial score (nSPS) is 13.4. The molecule has 108 valence electrons. The van der Waals surface area contributed by atoms with Gasteiger partial charge in [-0.05, 0) is 29.7 Å². The summed E-state index contributed by atoms with van der Waals surface area (Å²) >= 11 is 5.93. The molecule has 1 amide bonds. The summed E-state index contributed by atoms with van der Waals surface area (Å²) in [6.07, 6.45) is 0. The van der Waals surface area contributed by atoms with Crippen LogP contribution in [0.25, 0.3) is 10.9 Å². The summed E-state index contributed by atoms with van der Waals surface area (Å²) in [5.41, 5.74) is 1.11. The van der Waals surface area contributed by atoms with Gasteiger partial charge in [-0.1, -0.05) is 32.4 Å². The molecule has 0 saturated heterocycles. The van der Waals surface area contributed by atoms with Crippen molar-refractivity contribution in [3.8, 4) is 0 Å². The number of aliphatic hydroxyl groups excluding tert-OH is 1. The summed E-state index contributed by atoms with van der Waals surface area (Å²) < 4.78 is 0. The largest absolute Gasteiger partial charge is 0.394 e. The van der Waals surface area contributed by atoms with Crippen LogP contribution in [-0.4, -0.2) is 28.6 Å². The smallest absolute Gasteiger partial charge is 0.268 e. The van der Waals surface area contributed by atoms with Gasteiger partial charge >= 0.3 is 0 Å². The lowest BCUT2D eigenvalue weighted by atomic mass is 9.87. The number of fused-ring (bicyclic) bond motifs is 1. The number of rotatable bonds is 3. The third-order valence-electron chi connectivity index (χ3n) is 3.36. The second kappa shape index (κ2) is 5.46. The first kappa shape index (κ1) is 14.9. The number of halogens is 1. The fourth-order valence-electron chi connectivity index (χ4n) is 2.00. The number of hydrogen-bond donors (Lipinski definition) is 3. The molecule has 1 atom stereocenters. The molecule has 0 aliphatic heterocycles. The van der Waals surface area contributed by atoms with Crippen molar-refractivity contribution in [3.63, 3.8) is 0 Å². The predicted molar refractivity (Wildman–Crippen MR) is 81.1 cm³/mol. The number of aromatic amines is 1. The molecule has 1 aromatic heterocycles. The maximum Gasteiger partial charge on any atom is 0.268 e. The lowest BCUT2D eigenvalue weighted by molar-refractivity contribution is 0.0844. The molecule has 0 bridgehead atoms. The molecule has 4 nitrogen and oxygen atoms in total. The van der Waals surface area contributed by atoms with Gasteiger partial charge in [-0.15, -0.1) is 0 Å². The van der Waals surface area contributed by atoms with Gasteiger partial charge in [0.1, 0.15) is 5.69 Å². The highest BCUT2D eigenvalue weighted by atomic mass is 35.5. The van der Waals surface area contributed by atoms with Crippen molar-refractivity contribution in [1.29, 1.82) is 0 Å². The van der Waals surface area contributed by atoms with Gasteiger partial charge in [0.25, 0.3) is 5.91 Å². The van der Waals surface area contributed by atoms with Crippen molar-refractivity contribution in [2.75, 3.05) is 6.61 Å². The fourth-order valence-corrected chi connectivity index (χ4v) is 2.18. The summed E-state index contributed by atoms with van der Waals surface area (Å²) in [5.74, 6) is -0.230. The number of aromatic nitrogens is 1. The predicted octanol–water partition coefficient (Wildman–Crippen LogP) is 2.96. The van der Waals surface area contributed by atoms with Crippen molar-refractivity contribution < 1.29 is 9.90 Å². The monoisotopic (exact) mass is 294 g/mol. The van der Waals surface area contributed by atoms with Crippen LogP contribution in [-0.2, 0) is 0 Å². The Kier molecular flexibility index (Phi) is 4.06. The van der Waals surface area contributed by atoms with Crippen molar-refractivity contribution in [1.82, 2.24) is 10.3 Å². The van der Waals surface area contributed by atoms with Gasteiger partial charge < -0.3 is 15.4 Å². The number of carbonyl (C=O) groups excluding carboxylic acids is 1. The number of carbonyl (C=O) groups is 1. The molecule has 20 heavy (non-hydrogen) atoms. The van der Waals surface area contributed by atoms with Crippen molar-refractivity contribution in [2.24, 2.45) is 5.41 Å². The maximum atomic E-state index is 12.2. The van der Waals surface area contributed by atoms with Crippen LogP contribution < -0.4 is 5.32 Å². The van der Waals surface area contributed by atoms with E-state index in [1.54, 1.807) is 18.2 Å². The molecule has 2 rings (SSSR count). The van der Waals surface area contributed by atoms with Crippen LogP contribution in [0.15, 0.2) is 24.3 Å². The zero-order valence-electron chi connectivity index (χ0n) is 11.8. The number of amides is 1. The minimum Gasteiger partial charge on any atom is -0.394 e. The van der Waals surface area contributed by atoms with Crippen LogP contribution in [0.3, 0.4) is 0 Å². The molecule has 2 aromatic rings. The van der Waals surface area contributed by atoms with Gasteiger partial charge in [0.05, 0.1) is 12.6 Å². The second-order valence-electron chi connectivity index (χ2n) is 5.99. The Balaban J connectivity index is 2.23. The first-order valence-corrected chi connectivity index (χ1v) is 6.89. The minimum atomic E-state index is -0.301. The van der Waals surface area contributed by atoms with Crippen LogP contribution in [0.4, 0.5) is 0 Å². The molecular formula is C15H19ClN2O2. The van der Waals surface area contributed by atoms with Crippen molar-refractivity contribution >= 4 is 28.4 Å². The van der Waals surface area contributed by atoms with E-state index in [0.29, 0.717) is 10.7 Å². The quantitative estimate of drug-likeness (QED) is 0.815. The molecule has 0 saturated carbocycles. The number of nitrogens with one attached hydrogen (secondary N) is 2. The number of aliphatic hydroxyl groups is 1. The molecular weight excluding hydrogens is 276 g/mol. The van der Waals surface area contributed by atoms with E-state index in [1.165, 1.54) is 0 Å². The Morgan fingerprint density at radius 1 is 1.40 bits per heavy atom. The number of hydrogen-bond acceptors (Lipinski definition) is 2. The molecule has 0 aliphatic rings. The summed E-state index contributed by atoms with van der Waals surface area (Å²) in [4.78, 5) is 15.3. The highest BCUT2D eigenvalue weighted by Gasteiger charge is 2.26. The van der Waals surface area contributed by atoms with E-state index in [-0.39, 0.29) is 24.0 Å². The summed E-state index contributed by atoms with van der Waals surface area (Å²) in [6.45, 7) is 5.82. The Morgan fingerprint density at radius 3 is 2.70 bits per heavy atom. The van der Waals surface area contributed by atoms with Gasteiger partial charge in [-0.3, -0.25) is 4.79 Å². The fraction of sp³-hybridized carbons (Fsp3) is 0.400. The van der Waals surface area contributed by atoms with E-state index in [2.05, 4.69) is 10.3 Å². The highest BCUT2D eigenvalue weighted by Crippen LogP contribution is 2.22. The van der Waals surface area contributed by atoms with E-state index in [9.17, 15) is 9.90 Å². The Morgan fingerprint density at radius 2 is 2.10 bits per heavy atom. The minimum absolute atomic E-state index is 0.0959. The third-order valence-corrected chi connectivity index (χ3v) is 3.60. The molecule has 1 heterocycles. The van der Waals surface area contributed by atoms with E-state index in [1.807, 2.05) is 26.8 Å². The molecule has 0 unspecified atom stereocenters. The van der Waals surface area contributed by atoms with Gasteiger partial charge in [-0.25, -0.2) is 0 Å². The van der Waals surface area contributed by atoms with Gasteiger partial charge in [0.2, 0.25) is 0 Å². The third kappa shape index (κ3) is 3.14. The summed E-state index contributed by atoms with van der Waals surface area (Å²) in [5, 5.41) is 13.8. The highest BCUT2D eigenvalue weighted by molar-refractivity contribution is 6.31. The Hall–Kier alpha value is -1.52. The zero-order valence-corrected chi connectivity index (χ0v) is 12.6. The van der Waals surface area contributed by atoms with Crippen molar-refractivity contribution in [3.05, 3.63) is 35.0 Å². The molecule has 0 spiro atoms. The number of benzene rings is 1. The van der Waals surface area contributed by atoms with E-state index in [0.717, 1.165) is 10.9 Å². The lowest BCUT2D eigenvalue weighted by Crippen LogP contribution is -2.46. The second-order valence-corrected chi connectivity index (χ2v) is 6.43. The van der Waals surface area contributed by atoms with Crippen LogP contribution in [0.5, 0.6) is 0 Å². The average Bonchev–Trinajstić information content (AvgIpc) is 2.77. The van der Waals surface area contributed by atoms with Crippen LogP contribution in [0.2, 0.25) is 5.02 Å². The summed E-state index contributed by atoms with van der Waals surface area (Å²) in [6, 6.07) is 6.87. The maximum absolute atomic E-state index is 12.2. The van der Waals surface area contributed by atoms with Crippen LogP contribution in [0, 0.1) is 5.41 Å². The molecule has 1 aromatic carbocycles. The zero-order chi connectivity index (χ0) is 14.9. The summed E-state index contributed by atoms with van der Waals surface area (Å²) in [7, 11) is 0. The first-order valence-electron chi connectivity index (χ1n) is 6.51. The van der Waals surface area contributed by atoms with Gasteiger partial charge in [0.15, 0.2) is 0 Å². The molecule has 0 aliphatic carbocycles. The molecule has 3 N–H and O–H groups in total. The molecule has 0 radical (unpaired) electrons. The average molecular weight is 295 g/mol. The van der Waals surface area contributed by atoms with E-state index in [4.69, 9.17) is 11.6 Å². The topological polar surface area (TPSA) is 65.1 Å². The first-order chi connectivity index (χ1) is 9.31. The molecule has 5 heteroatoms. The Labute approximate surface area is 123 Å². The van der Waals surface area contributed by atoms with Gasteiger partial charge in [-0.2, -0.15) is 0 Å². The van der Waals surface area contributed by atoms with Gasteiger partial charge in [0, 0.05) is 15.9 Å². The van der Waals surface area contributed by atoms with E-state index >= 15 is 0 Å². The van der Waals surface area contributed by atoms with Crippen molar-refractivity contribution in [2.45, 2.75) is 26.8 Å². The van der Waals surface area contributed by atoms with Crippen LogP contribution >= 0.6 is 11.6 Å². The van der Waals surface area contributed by atoms with E-state index < -0.39 is 0 Å². The SMILES string of the molecule is CC(C)(C)[C@@H](CO)NC(=O)c1cc2cc(Cl)ccc2[nH]1. The Bertz CT molecular complexity index is 628. The molecule has 0 fully saturated rings. The van der Waals surface area contributed by atoms with Crippen LogP contribution in [0.1, 0.15) is 31.3 Å².